The van der Waals surface area contributed by atoms with Crippen molar-refractivity contribution in [3.8, 4) is 0 Å². The Morgan fingerprint density at radius 1 is 1.22 bits per heavy atom. The largest absolute Gasteiger partial charge is 0.479 e. The summed E-state index contributed by atoms with van der Waals surface area (Å²) < 4.78 is 0. The minimum absolute atomic E-state index is 0.0323. The molecular formula is C22H31NO4. The first kappa shape index (κ1) is 18.7. The van der Waals surface area contributed by atoms with E-state index >= 15 is 0 Å². The molecule has 4 aliphatic rings. The van der Waals surface area contributed by atoms with Crippen molar-refractivity contribution in [3.05, 3.63) is 23.8 Å². The van der Waals surface area contributed by atoms with Gasteiger partial charge in [0.1, 0.15) is 5.71 Å². The third-order valence-electron chi connectivity index (χ3n) is 8.49. The van der Waals surface area contributed by atoms with Crippen LogP contribution in [0.15, 0.2) is 29.0 Å². The van der Waals surface area contributed by atoms with Gasteiger partial charge in [0.05, 0.1) is 5.60 Å². The summed E-state index contributed by atoms with van der Waals surface area (Å²) in [7, 11) is 0. The Balaban J connectivity index is 1.57. The maximum absolute atomic E-state index is 11.0. The maximum atomic E-state index is 11.0. The van der Waals surface area contributed by atoms with Crippen molar-refractivity contribution in [1.29, 1.82) is 0 Å². The van der Waals surface area contributed by atoms with Crippen molar-refractivity contribution in [3.63, 3.8) is 0 Å². The van der Waals surface area contributed by atoms with Crippen LogP contribution in [0.25, 0.3) is 0 Å². The molecule has 5 heteroatoms. The third-order valence-corrected chi connectivity index (χ3v) is 8.49. The zero-order valence-electron chi connectivity index (χ0n) is 16.6. The van der Waals surface area contributed by atoms with Crippen LogP contribution in [0.3, 0.4) is 0 Å². The molecule has 0 heterocycles. The molecule has 5 nitrogen and oxygen atoms in total. The van der Waals surface area contributed by atoms with Gasteiger partial charge in [0.2, 0.25) is 6.61 Å². The van der Waals surface area contributed by atoms with Gasteiger partial charge in [-0.3, -0.25) is 0 Å². The van der Waals surface area contributed by atoms with Gasteiger partial charge in [0.25, 0.3) is 0 Å². The molecule has 0 unspecified atom stereocenters. The Labute approximate surface area is 161 Å². The minimum Gasteiger partial charge on any atom is -0.479 e. The van der Waals surface area contributed by atoms with Gasteiger partial charge in [-0.15, -0.1) is 0 Å². The Morgan fingerprint density at radius 2 is 1.96 bits per heavy atom. The Kier molecular flexibility index (Phi) is 4.30. The fourth-order valence-corrected chi connectivity index (χ4v) is 6.67. The van der Waals surface area contributed by atoms with E-state index < -0.39 is 18.2 Å². The second kappa shape index (κ2) is 6.20. The molecule has 4 rings (SSSR count). The van der Waals surface area contributed by atoms with E-state index in [1.54, 1.807) is 0 Å². The SMILES string of the molecule is C[C@]12C=C/C(=N\OCC(=O)O)C=C1CC[C@@H]1[C@@H]2CC[C@@]2(C)[C@H]1CC[C@]2(C)O. The van der Waals surface area contributed by atoms with E-state index in [9.17, 15) is 9.90 Å². The predicted molar refractivity (Wildman–Crippen MR) is 103 cm³/mol. The second-order valence-corrected chi connectivity index (χ2v) is 9.65. The number of aliphatic carboxylic acids is 1. The molecule has 27 heavy (non-hydrogen) atoms. The molecule has 0 amide bonds. The van der Waals surface area contributed by atoms with Crippen molar-refractivity contribution in [1.82, 2.24) is 0 Å². The summed E-state index contributed by atoms with van der Waals surface area (Å²) in [5.41, 5.74) is 1.62. The average Bonchev–Trinajstić information content (AvgIpc) is 2.84. The number of hydrogen-bond donors (Lipinski definition) is 2. The zero-order valence-corrected chi connectivity index (χ0v) is 16.6. The molecular weight excluding hydrogens is 342 g/mol. The predicted octanol–water partition coefficient (Wildman–Crippen LogP) is 3.93. The summed E-state index contributed by atoms with van der Waals surface area (Å²) in [6.45, 7) is 6.29. The number of carboxylic acids is 1. The molecule has 2 N–H and O–H groups in total. The molecule has 3 fully saturated rings. The second-order valence-electron chi connectivity index (χ2n) is 9.65. The van der Waals surface area contributed by atoms with Crippen molar-refractivity contribution in [2.45, 2.75) is 64.9 Å². The highest BCUT2D eigenvalue weighted by atomic mass is 16.6. The number of carbonyl (C=O) groups is 1. The topological polar surface area (TPSA) is 79.1 Å². The van der Waals surface area contributed by atoms with Crippen LogP contribution in [0.2, 0.25) is 0 Å². The van der Waals surface area contributed by atoms with E-state index in [4.69, 9.17) is 9.94 Å². The van der Waals surface area contributed by atoms with Gasteiger partial charge in [-0.05, 0) is 80.8 Å². The maximum Gasteiger partial charge on any atom is 0.344 e. The van der Waals surface area contributed by atoms with Gasteiger partial charge in [0, 0.05) is 5.41 Å². The van der Waals surface area contributed by atoms with Gasteiger partial charge < -0.3 is 15.1 Å². The number of nitrogens with zero attached hydrogens (tertiary/aromatic N) is 1. The fourth-order valence-electron chi connectivity index (χ4n) is 6.67. The summed E-state index contributed by atoms with van der Waals surface area (Å²) in [5, 5.41) is 23.7. The number of hydrogen-bond acceptors (Lipinski definition) is 4. The van der Waals surface area contributed by atoms with Crippen molar-refractivity contribution >= 4 is 11.7 Å². The molecule has 0 aromatic carbocycles. The highest BCUT2D eigenvalue weighted by Crippen LogP contribution is 2.66. The molecule has 6 atom stereocenters. The summed E-state index contributed by atoms with van der Waals surface area (Å²) >= 11 is 0. The molecule has 148 valence electrons. The Morgan fingerprint density at radius 3 is 2.70 bits per heavy atom. The van der Waals surface area contributed by atoms with Crippen molar-refractivity contribution < 1.29 is 19.8 Å². The molecule has 4 aliphatic carbocycles. The lowest BCUT2D eigenvalue weighted by Gasteiger charge is -2.58. The van der Waals surface area contributed by atoms with E-state index in [-0.39, 0.29) is 10.8 Å². The number of oxime groups is 1. The van der Waals surface area contributed by atoms with Crippen molar-refractivity contribution in [2.75, 3.05) is 6.61 Å². The van der Waals surface area contributed by atoms with Gasteiger partial charge in [-0.2, -0.15) is 0 Å². The molecule has 0 bridgehead atoms. The van der Waals surface area contributed by atoms with Crippen LogP contribution in [0.5, 0.6) is 0 Å². The number of rotatable bonds is 3. The summed E-state index contributed by atoms with van der Waals surface area (Å²) in [6.07, 6.45) is 12.8. The zero-order chi connectivity index (χ0) is 19.4. The first-order chi connectivity index (χ1) is 12.7. The highest BCUT2D eigenvalue weighted by Gasteiger charge is 2.61. The normalized spacial score (nSPS) is 47.0. The van der Waals surface area contributed by atoms with E-state index in [2.05, 4.69) is 31.2 Å². The quantitative estimate of drug-likeness (QED) is 0.735. The average molecular weight is 373 g/mol. The van der Waals surface area contributed by atoms with Gasteiger partial charge >= 0.3 is 5.97 Å². The first-order valence-corrected chi connectivity index (χ1v) is 10.2. The van der Waals surface area contributed by atoms with E-state index in [0.717, 1.165) is 32.1 Å². The molecule has 0 spiro atoms. The van der Waals surface area contributed by atoms with E-state index in [1.165, 1.54) is 12.0 Å². The van der Waals surface area contributed by atoms with Crippen LogP contribution in [0.1, 0.15) is 59.3 Å². The summed E-state index contributed by atoms with van der Waals surface area (Å²) in [4.78, 5) is 15.5. The summed E-state index contributed by atoms with van der Waals surface area (Å²) in [5.74, 6) is 0.843. The standard InChI is InChI=1S/C22H31NO4/c1-20-9-6-15(23-27-13-19(24)25)12-14(20)4-5-16-17(20)7-10-21(2)18(16)8-11-22(21,3)26/h6,9,12,16-18,26H,4-5,7-8,10-11,13H2,1-3H3,(H,24,25)/b23-15+/t16-,17+,18+,20+,21+,22+/m1/s1. The number of allylic oxidation sites excluding steroid dienone is 4. The van der Waals surface area contributed by atoms with Crippen molar-refractivity contribution in [2.24, 2.45) is 33.7 Å². The van der Waals surface area contributed by atoms with Crippen LogP contribution in [-0.4, -0.2) is 34.1 Å². The Bertz CT molecular complexity index is 737. The lowest BCUT2D eigenvalue weighted by molar-refractivity contribution is -0.142. The van der Waals surface area contributed by atoms with Gasteiger partial charge in [-0.1, -0.05) is 30.7 Å². The van der Waals surface area contributed by atoms with Crippen LogP contribution < -0.4 is 0 Å². The number of carboxylic acid groups (broad SMARTS) is 1. The number of fused-ring (bicyclic) bond motifs is 5. The minimum atomic E-state index is -1.02. The molecule has 0 aliphatic heterocycles. The first-order valence-electron chi connectivity index (χ1n) is 10.2. The van der Waals surface area contributed by atoms with Crippen LogP contribution in [0, 0.1) is 28.6 Å². The van der Waals surface area contributed by atoms with Crippen LogP contribution in [0.4, 0.5) is 0 Å². The molecule has 0 saturated heterocycles. The molecule has 0 radical (unpaired) electrons. The summed E-state index contributed by atoms with van der Waals surface area (Å²) in [6, 6.07) is 0. The fraction of sp³-hybridized carbons (Fsp3) is 0.727. The number of aliphatic hydroxyl groups is 1. The van der Waals surface area contributed by atoms with E-state index in [0.29, 0.717) is 23.5 Å². The molecule has 3 saturated carbocycles. The lowest BCUT2D eigenvalue weighted by Crippen LogP contribution is -2.53. The van der Waals surface area contributed by atoms with Crippen LogP contribution >= 0.6 is 0 Å². The van der Waals surface area contributed by atoms with Gasteiger partial charge in [0.15, 0.2) is 0 Å². The lowest BCUT2D eigenvalue weighted by atomic mass is 9.47. The third kappa shape index (κ3) is 2.77. The molecule has 0 aromatic rings. The molecule has 0 aromatic heterocycles. The Hall–Kier alpha value is -1.62. The monoisotopic (exact) mass is 373 g/mol. The van der Waals surface area contributed by atoms with E-state index in [1.807, 2.05) is 13.0 Å². The van der Waals surface area contributed by atoms with Crippen LogP contribution in [-0.2, 0) is 9.63 Å². The smallest absolute Gasteiger partial charge is 0.344 e. The highest BCUT2D eigenvalue weighted by molar-refractivity contribution is 6.05. The van der Waals surface area contributed by atoms with Gasteiger partial charge in [-0.25, -0.2) is 4.79 Å².